The molecule has 4 aromatic rings. The van der Waals surface area contributed by atoms with Gasteiger partial charge in [0, 0.05) is 16.1 Å². The molecule has 1 aromatic heterocycles. The molecule has 3 aromatic carbocycles. The maximum atomic E-state index is 13.0. The topological polar surface area (TPSA) is 147 Å². The summed E-state index contributed by atoms with van der Waals surface area (Å²) in [6.07, 6.45) is -3.18. The van der Waals surface area contributed by atoms with Gasteiger partial charge in [0.25, 0.3) is 21.8 Å². The number of amides is 3. The molecule has 0 saturated carbocycles. The van der Waals surface area contributed by atoms with Crippen molar-refractivity contribution in [1.82, 2.24) is 16.2 Å². The summed E-state index contributed by atoms with van der Waals surface area (Å²) in [6.45, 7) is 0.213. The minimum absolute atomic E-state index is 0.00710. The monoisotopic (exact) mass is 632 g/mol. The number of rotatable bonds is 10. The summed E-state index contributed by atoms with van der Waals surface area (Å²) in [7, 11) is -4.37. The third-order valence-electron chi connectivity index (χ3n) is 5.67. The second-order valence-electron chi connectivity index (χ2n) is 8.76. The zero-order valence-corrected chi connectivity index (χ0v) is 23.6. The molecular weight excluding hydrogens is 609 g/mol. The molecule has 4 rings (SSSR count). The van der Waals surface area contributed by atoms with E-state index in [2.05, 4.69) is 20.9 Å². The first-order chi connectivity index (χ1) is 20.4. The molecule has 0 aliphatic carbocycles. The third-order valence-corrected chi connectivity index (χ3v) is 8.12. The molecule has 3 amide bonds. The largest absolute Gasteiger partial charge is 0.467 e. The fourth-order valence-electron chi connectivity index (χ4n) is 3.60. The standard InChI is InChI=1S/C28H23F3N4O6S2/c29-28(30,31)19-7-4-8-20(15-19)35-43(39,40)22-10-3-6-18(14-22)26(37)33-34-27(38)23-11-1-2-12-24(23)42-17-25(36)32-16-21-9-5-13-41-21/h1-15,35H,16-17H2,(H,32,36)(H,33,37)(H,34,38). The first kappa shape index (κ1) is 31.2. The van der Waals surface area contributed by atoms with Crippen LogP contribution >= 0.6 is 11.8 Å². The summed E-state index contributed by atoms with van der Waals surface area (Å²) in [4.78, 5) is 37.8. The van der Waals surface area contributed by atoms with Gasteiger partial charge in [0.2, 0.25) is 5.91 Å². The molecule has 0 unspecified atom stereocenters. The SMILES string of the molecule is O=C(CSc1ccccc1C(=O)NNC(=O)c1cccc(S(=O)(=O)Nc2cccc(C(F)(F)F)c2)c1)NCc1ccco1. The molecule has 0 spiro atoms. The van der Waals surface area contributed by atoms with E-state index in [1.165, 1.54) is 24.5 Å². The Labute approximate surface area is 248 Å². The van der Waals surface area contributed by atoms with E-state index >= 15 is 0 Å². The number of hydrazine groups is 1. The van der Waals surface area contributed by atoms with Crippen LogP contribution in [0.4, 0.5) is 18.9 Å². The van der Waals surface area contributed by atoms with Crippen molar-refractivity contribution in [1.29, 1.82) is 0 Å². The van der Waals surface area contributed by atoms with Crippen LogP contribution in [0.3, 0.4) is 0 Å². The van der Waals surface area contributed by atoms with Gasteiger partial charge in [0.15, 0.2) is 0 Å². The Morgan fingerprint density at radius 3 is 2.33 bits per heavy atom. The lowest BCUT2D eigenvalue weighted by Crippen LogP contribution is -2.41. The van der Waals surface area contributed by atoms with Gasteiger partial charge in [-0.15, -0.1) is 11.8 Å². The van der Waals surface area contributed by atoms with Crippen LogP contribution < -0.4 is 20.9 Å². The highest BCUT2D eigenvalue weighted by Gasteiger charge is 2.31. The predicted molar refractivity (Wildman–Crippen MR) is 151 cm³/mol. The summed E-state index contributed by atoms with van der Waals surface area (Å²) in [5.74, 6) is -1.24. The second-order valence-corrected chi connectivity index (χ2v) is 11.5. The van der Waals surface area contributed by atoms with Gasteiger partial charge in [-0.1, -0.05) is 24.3 Å². The summed E-state index contributed by atoms with van der Waals surface area (Å²) in [6, 6.07) is 18.2. The lowest BCUT2D eigenvalue weighted by molar-refractivity contribution is -0.137. The van der Waals surface area contributed by atoms with E-state index < -0.39 is 38.5 Å². The van der Waals surface area contributed by atoms with Gasteiger partial charge in [-0.25, -0.2) is 8.42 Å². The Kier molecular flexibility index (Phi) is 9.77. The maximum Gasteiger partial charge on any atom is 0.416 e. The minimum Gasteiger partial charge on any atom is -0.467 e. The zero-order chi connectivity index (χ0) is 31.0. The minimum atomic E-state index is -4.67. The molecule has 0 radical (unpaired) electrons. The molecule has 1 heterocycles. The average Bonchev–Trinajstić information content (AvgIpc) is 3.51. The van der Waals surface area contributed by atoms with Crippen LogP contribution in [0.1, 0.15) is 32.0 Å². The summed E-state index contributed by atoms with van der Waals surface area (Å²) < 4.78 is 71.8. The molecule has 4 N–H and O–H groups in total. The van der Waals surface area contributed by atoms with Gasteiger partial charge in [-0.3, -0.25) is 30.0 Å². The summed E-state index contributed by atoms with van der Waals surface area (Å²) >= 11 is 1.11. The normalized spacial score (nSPS) is 11.4. The molecule has 224 valence electrons. The Bertz CT molecular complexity index is 1730. The number of sulfonamides is 1. The Morgan fingerprint density at radius 1 is 0.837 bits per heavy atom. The van der Waals surface area contributed by atoms with E-state index in [1.54, 1.807) is 30.3 Å². The number of thioether (sulfide) groups is 1. The number of anilines is 1. The van der Waals surface area contributed by atoms with Crippen molar-refractivity contribution in [2.45, 2.75) is 22.5 Å². The maximum absolute atomic E-state index is 13.0. The lowest BCUT2D eigenvalue weighted by atomic mass is 10.2. The number of furan rings is 1. The Morgan fingerprint density at radius 2 is 1.58 bits per heavy atom. The molecule has 10 nitrogen and oxygen atoms in total. The summed E-state index contributed by atoms with van der Waals surface area (Å²) in [5.41, 5.74) is 3.12. The van der Waals surface area contributed by atoms with Crippen molar-refractivity contribution in [3.8, 4) is 0 Å². The van der Waals surface area contributed by atoms with E-state index in [-0.39, 0.29) is 35.0 Å². The van der Waals surface area contributed by atoms with Crippen LogP contribution in [0.25, 0.3) is 0 Å². The van der Waals surface area contributed by atoms with Gasteiger partial charge >= 0.3 is 6.18 Å². The van der Waals surface area contributed by atoms with Crippen LogP contribution in [-0.4, -0.2) is 31.9 Å². The highest BCUT2D eigenvalue weighted by atomic mass is 32.2. The van der Waals surface area contributed by atoms with Crippen molar-refractivity contribution < 1.29 is 40.4 Å². The molecule has 15 heteroatoms. The van der Waals surface area contributed by atoms with Crippen LogP contribution in [0, 0.1) is 0 Å². The van der Waals surface area contributed by atoms with E-state index in [0.717, 1.165) is 42.1 Å². The molecule has 43 heavy (non-hydrogen) atoms. The van der Waals surface area contributed by atoms with Gasteiger partial charge in [0.05, 0.1) is 34.6 Å². The summed E-state index contributed by atoms with van der Waals surface area (Å²) in [5, 5.41) is 2.70. The van der Waals surface area contributed by atoms with Crippen LogP contribution in [0.15, 0.2) is 105 Å². The van der Waals surface area contributed by atoms with Crippen molar-refractivity contribution in [3.63, 3.8) is 0 Å². The van der Waals surface area contributed by atoms with Gasteiger partial charge in [0.1, 0.15) is 5.76 Å². The molecule has 0 fully saturated rings. The second kappa shape index (κ2) is 13.5. The third kappa shape index (κ3) is 8.62. The molecule has 0 aliphatic rings. The number of hydrogen-bond acceptors (Lipinski definition) is 7. The van der Waals surface area contributed by atoms with Crippen molar-refractivity contribution in [2.75, 3.05) is 10.5 Å². The van der Waals surface area contributed by atoms with E-state index in [4.69, 9.17) is 4.42 Å². The van der Waals surface area contributed by atoms with Gasteiger partial charge < -0.3 is 9.73 Å². The van der Waals surface area contributed by atoms with Crippen LogP contribution in [0.2, 0.25) is 0 Å². The number of carbonyl (C=O) groups excluding carboxylic acids is 3. The lowest BCUT2D eigenvalue weighted by Gasteiger charge is -2.13. The number of hydrogen-bond donors (Lipinski definition) is 4. The number of halogens is 3. The molecular formula is C28H23F3N4O6S2. The van der Waals surface area contributed by atoms with E-state index in [1.807, 2.05) is 0 Å². The first-order valence-electron chi connectivity index (χ1n) is 12.3. The molecule has 0 aliphatic heterocycles. The fraction of sp³-hybridized carbons (Fsp3) is 0.107. The quantitative estimate of drug-likeness (QED) is 0.148. The van der Waals surface area contributed by atoms with E-state index in [9.17, 15) is 36.0 Å². The van der Waals surface area contributed by atoms with Crippen molar-refractivity contribution in [2.24, 2.45) is 0 Å². The first-order valence-corrected chi connectivity index (χ1v) is 14.8. The van der Waals surface area contributed by atoms with E-state index in [0.29, 0.717) is 16.7 Å². The number of nitrogens with one attached hydrogen (secondary N) is 4. The Hall–Kier alpha value is -4.76. The Balaban J connectivity index is 1.36. The molecule has 0 atom stereocenters. The van der Waals surface area contributed by atoms with Crippen LogP contribution in [0.5, 0.6) is 0 Å². The molecule has 0 bridgehead atoms. The average molecular weight is 633 g/mol. The highest BCUT2D eigenvalue weighted by molar-refractivity contribution is 8.00. The number of benzene rings is 3. The van der Waals surface area contributed by atoms with Crippen molar-refractivity contribution >= 4 is 45.2 Å². The zero-order valence-electron chi connectivity index (χ0n) is 22.0. The van der Waals surface area contributed by atoms with Gasteiger partial charge in [-0.2, -0.15) is 13.2 Å². The van der Waals surface area contributed by atoms with Gasteiger partial charge in [-0.05, 0) is 60.7 Å². The van der Waals surface area contributed by atoms with Crippen molar-refractivity contribution in [3.05, 3.63) is 114 Å². The van der Waals surface area contributed by atoms with Crippen LogP contribution in [-0.2, 0) is 27.5 Å². The predicted octanol–water partition coefficient (Wildman–Crippen LogP) is 4.58. The number of alkyl halides is 3. The number of carbonyl (C=O) groups is 3. The fourth-order valence-corrected chi connectivity index (χ4v) is 5.58. The molecule has 0 saturated heterocycles. The smallest absolute Gasteiger partial charge is 0.416 e. The highest BCUT2D eigenvalue weighted by Crippen LogP contribution is 2.31.